The molecular formula is C14H20BrClN2. The van der Waals surface area contributed by atoms with Gasteiger partial charge in [0.25, 0.3) is 0 Å². The van der Waals surface area contributed by atoms with Gasteiger partial charge in [-0.25, -0.2) is 0 Å². The zero-order valence-electron chi connectivity index (χ0n) is 10.8. The van der Waals surface area contributed by atoms with Gasteiger partial charge in [0.2, 0.25) is 0 Å². The van der Waals surface area contributed by atoms with E-state index < -0.39 is 0 Å². The van der Waals surface area contributed by atoms with Gasteiger partial charge in [-0.05, 0) is 72.5 Å². The molecule has 0 spiro atoms. The van der Waals surface area contributed by atoms with Crippen LogP contribution in [0.25, 0.3) is 0 Å². The molecule has 1 aromatic carbocycles. The lowest BCUT2D eigenvalue weighted by Crippen LogP contribution is -2.34. The Morgan fingerprint density at radius 3 is 2.78 bits per heavy atom. The smallest absolute Gasteiger partial charge is 0.0551 e. The topological polar surface area (TPSA) is 15.3 Å². The first-order valence-electron chi connectivity index (χ1n) is 6.48. The molecule has 0 radical (unpaired) electrons. The van der Waals surface area contributed by atoms with Crippen molar-refractivity contribution in [2.75, 3.05) is 26.7 Å². The lowest BCUT2D eigenvalue weighted by atomic mass is 9.97. The Bertz CT molecular complexity index is 391. The summed E-state index contributed by atoms with van der Waals surface area (Å²) in [4.78, 5) is 2.40. The number of benzene rings is 1. The Labute approximate surface area is 123 Å². The minimum atomic E-state index is 0.794. The third-order valence-corrected chi connectivity index (χ3v) is 4.70. The first-order chi connectivity index (χ1) is 8.65. The van der Waals surface area contributed by atoms with E-state index in [1.807, 2.05) is 12.1 Å². The Morgan fingerprint density at radius 2 is 2.11 bits per heavy atom. The van der Waals surface area contributed by atoms with Crippen LogP contribution in [0.2, 0.25) is 5.02 Å². The van der Waals surface area contributed by atoms with Gasteiger partial charge >= 0.3 is 0 Å². The van der Waals surface area contributed by atoms with E-state index in [-0.39, 0.29) is 0 Å². The molecule has 1 heterocycles. The van der Waals surface area contributed by atoms with Gasteiger partial charge in [-0.3, -0.25) is 0 Å². The van der Waals surface area contributed by atoms with Crippen LogP contribution in [0, 0.1) is 5.92 Å². The molecule has 0 amide bonds. The van der Waals surface area contributed by atoms with E-state index in [4.69, 9.17) is 11.6 Å². The minimum absolute atomic E-state index is 0.794. The van der Waals surface area contributed by atoms with Crippen molar-refractivity contribution in [3.05, 3.63) is 33.3 Å². The van der Waals surface area contributed by atoms with E-state index in [1.165, 1.54) is 38.0 Å². The molecular weight excluding hydrogens is 312 g/mol. The fourth-order valence-corrected chi connectivity index (χ4v) is 2.97. The summed E-state index contributed by atoms with van der Waals surface area (Å²) in [5.74, 6) is 0.835. The summed E-state index contributed by atoms with van der Waals surface area (Å²) >= 11 is 9.54. The molecule has 0 atom stereocenters. The molecule has 18 heavy (non-hydrogen) atoms. The molecule has 1 fully saturated rings. The predicted molar refractivity (Wildman–Crippen MR) is 81.1 cm³/mol. The van der Waals surface area contributed by atoms with Crippen LogP contribution in [-0.2, 0) is 6.54 Å². The van der Waals surface area contributed by atoms with Crippen LogP contribution >= 0.6 is 27.5 Å². The van der Waals surface area contributed by atoms with E-state index >= 15 is 0 Å². The van der Waals surface area contributed by atoms with Crippen LogP contribution in [0.1, 0.15) is 18.4 Å². The highest BCUT2D eigenvalue weighted by Crippen LogP contribution is 2.24. The van der Waals surface area contributed by atoms with E-state index in [2.05, 4.69) is 39.3 Å². The second-order valence-corrected chi connectivity index (χ2v) is 6.40. The fraction of sp³-hybridized carbons (Fsp3) is 0.571. The Kier molecular flexibility index (Phi) is 5.49. The van der Waals surface area contributed by atoms with Crippen molar-refractivity contribution >= 4 is 27.5 Å². The molecule has 1 aromatic rings. The third-order valence-electron chi connectivity index (χ3n) is 3.47. The highest BCUT2D eigenvalue weighted by Gasteiger charge is 2.15. The molecule has 2 nitrogen and oxygen atoms in total. The SMILES string of the molecule is CN(Cc1ccc(Br)c(Cl)c1)CC1CCNCC1. The molecule has 1 N–H and O–H groups in total. The van der Waals surface area contributed by atoms with Crippen LogP contribution in [0.3, 0.4) is 0 Å². The number of hydrogen-bond donors (Lipinski definition) is 1. The van der Waals surface area contributed by atoms with E-state index in [0.29, 0.717) is 0 Å². The Hall–Kier alpha value is -0.0900. The van der Waals surface area contributed by atoms with Gasteiger partial charge in [0.1, 0.15) is 0 Å². The van der Waals surface area contributed by atoms with Gasteiger partial charge in [-0.1, -0.05) is 17.7 Å². The average Bonchev–Trinajstić information content (AvgIpc) is 2.35. The molecule has 0 aromatic heterocycles. The van der Waals surface area contributed by atoms with Crippen molar-refractivity contribution in [1.82, 2.24) is 10.2 Å². The number of rotatable bonds is 4. The molecule has 1 aliphatic heterocycles. The standard InChI is InChI=1S/C14H20BrClN2/c1-18(9-11-4-6-17-7-5-11)10-12-2-3-13(15)14(16)8-12/h2-3,8,11,17H,4-7,9-10H2,1H3. The van der Waals surface area contributed by atoms with Gasteiger partial charge in [0.05, 0.1) is 5.02 Å². The molecule has 0 aliphatic carbocycles. The summed E-state index contributed by atoms with van der Waals surface area (Å²) < 4.78 is 0.967. The van der Waals surface area contributed by atoms with Crippen molar-refractivity contribution in [3.63, 3.8) is 0 Å². The Balaban J connectivity index is 1.85. The maximum absolute atomic E-state index is 6.12. The van der Waals surface area contributed by atoms with Crippen molar-refractivity contribution < 1.29 is 0 Å². The van der Waals surface area contributed by atoms with Crippen molar-refractivity contribution in [3.8, 4) is 0 Å². The molecule has 100 valence electrons. The van der Waals surface area contributed by atoms with Crippen LogP contribution in [0.5, 0.6) is 0 Å². The monoisotopic (exact) mass is 330 g/mol. The van der Waals surface area contributed by atoms with Gasteiger partial charge in [0, 0.05) is 17.6 Å². The molecule has 0 bridgehead atoms. The molecule has 4 heteroatoms. The molecule has 1 aliphatic rings. The second-order valence-electron chi connectivity index (χ2n) is 5.14. The maximum Gasteiger partial charge on any atom is 0.0551 e. The first-order valence-corrected chi connectivity index (χ1v) is 7.65. The summed E-state index contributed by atoms with van der Waals surface area (Å²) in [7, 11) is 2.19. The van der Waals surface area contributed by atoms with Gasteiger partial charge in [-0.15, -0.1) is 0 Å². The largest absolute Gasteiger partial charge is 0.317 e. The van der Waals surface area contributed by atoms with Crippen molar-refractivity contribution in [1.29, 1.82) is 0 Å². The zero-order chi connectivity index (χ0) is 13.0. The van der Waals surface area contributed by atoms with E-state index in [0.717, 1.165) is 22.0 Å². The molecule has 0 unspecified atom stereocenters. The molecule has 0 saturated carbocycles. The Morgan fingerprint density at radius 1 is 1.39 bits per heavy atom. The second kappa shape index (κ2) is 6.90. The van der Waals surface area contributed by atoms with Crippen molar-refractivity contribution in [2.45, 2.75) is 19.4 Å². The summed E-state index contributed by atoms with van der Waals surface area (Å²) in [5, 5.41) is 4.20. The van der Waals surface area contributed by atoms with Gasteiger partial charge in [-0.2, -0.15) is 0 Å². The summed E-state index contributed by atoms with van der Waals surface area (Å²) in [6.45, 7) is 4.48. The number of nitrogens with one attached hydrogen (secondary N) is 1. The lowest BCUT2D eigenvalue weighted by molar-refractivity contribution is 0.234. The highest BCUT2D eigenvalue weighted by molar-refractivity contribution is 9.10. The average molecular weight is 332 g/mol. The number of piperidine rings is 1. The third kappa shape index (κ3) is 4.23. The minimum Gasteiger partial charge on any atom is -0.317 e. The molecule has 2 rings (SSSR count). The number of nitrogens with zero attached hydrogens (tertiary/aromatic N) is 1. The molecule has 1 saturated heterocycles. The van der Waals surface area contributed by atoms with Gasteiger partial charge in [0.15, 0.2) is 0 Å². The zero-order valence-corrected chi connectivity index (χ0v) is 13.1. The summed E-state index contributed by atoms with van der Waals surface area (Å²) in [6, 6.07) is 6.20. The van der Waals surface area contributed by atoms with Crippen LogP contribution in [0.4, 0.5) is 0 Å². The van der Waals surface area contributed by atoms with E-state index in [1.54, 1.807) is 0 Å². The lowest BCUT2D eigenvalue weighted by Gasteiger charge is -2.27. The quantitative estimate of drug-likeness (QED) is 0.908. The maximum atomic E-state index is 6.12. The van der Waals surface area contributed by atoms with Crippen LogP contribution in [-0.4, -0.2) is 31.6 Å². The van der Waals surface area contributed by atoms with E-state index in [9.17, 15) is 0 Å². The predicted octanol–water partition coefficient (Wildman–Crippen LogP) is 3.53. The summed E-state index contributed by atoms with van der Waals surface area (Å²) in [5.41, 5.74) is 1.28. The van der Waals surface area contributed by atoms with Gasteiger partial charge < -0.3 is 10.2 Å². The van der Waals surface area contributed by atoms with Crippen LogP contribution in [0.15, 0.2) is 22.7 Å². The first kappa shape index (κ1) is 14.3. The normalized spacial score (nSPS) is 17.3. The number of hydrogen-bond acceptors (Lipinski definition) is 2. The fourth-order valence-electron chi connectivity index (χ4n) is 2.52. The number of halogens is 2. The van der Waals surface area contributed by atoms with Crippen molar-refractivity contribution in [2.24, 2.45) is 5.92 Å². The highest BCUT2D eigenvalue weighted by atomic mass is 79.9. The summed E-state index contributed by atoms with van der Waals surface area (Å²) in [6.07, 6.45) is 2.59. The van der Waals surface area contributed by atoms with Crippen LogP contribution < -0.4 is 5.32 Å².